The third-order valence-corrected chi connectivity index (χ3v) is 5.08. The lowest BCUT2D eigenvalue weighted by Gasteiger charge is -2.33. The van der Waals surface area contributed by atoms with Crippen molar-refractivity contribution in [3.05, 3.63) is 22.1 Å². The van der Waals surface area contributed by atoms with Crippen LogP contribution in [0.4, 0.5) is 5.13 Å². The number of aryl methyl sites for hydroxylation is 1. The third kappa shape index (κ3) is 3.47. The van der Waals surface area contributed by atoms with Crippen molar-refractivity contribution in [1.29, 1.82) is 0 Å². The first-order valence-electron chi connectivity index (χ1n) is 7.99. The Hall–Kier alpha value is -1.47. The Kier molecular flexibility index (Phi) is 4.73. The van der Waals surface area contributed by atoms with Crippen LogP contribution in [0.5, 0.6) is 0 Å². The monoisotopic (exact) mass is 321 g/mol. The van der Waals surface area contributed by atoms with E-state index in [0.29, 0.717) is 11.0 Å². The predicted octanol–water partition coefficient (Wildman–Crippen LogP) is 2.14. The Balaban J connectivity index is 1.53. The molecule has 3 rings (SSSR count). The van der Waals surface area contributed by atoms with Gasteiger partial charge in [-0.25, -0.2) is 4.98 Å². The molecule has 3 heterocycles. The van der Waals surface area contributed by atoms with Crippen LogP contribution in [0.25, 0.3) is 4.96 Å². The van der Waals surface area contributed by atoms with E-state index < -0.39 is 0 Å². The molecule has 2 aromatic rings. The molecule has 22 heavy (non-hydrogen) atoms. The summed E-state index contributed by atoms with van der Waals surface area (Å²) in [6.07, 6.45) is 5.09. The molecule has 2 aromatic heterocycles. The van der Waals surface area contributed by atoms with Crippen molar-refractivity contribution in [2.24, 2.45) is 0 Å². The number of hydrogen-bond acceptors (Lipinski definition) is 6. The molecule has 0 spiro atoms. The molecule has 1 unspecified atom stereocenters. The average Bonchev–Trinajstić information content (AvgIpc) is 2.88. The molecule has 0 bridgehead atoms. The van der Waals surface area contributed by atoms with E-state index in [2.05, 4.69) is 27.2 Å². The summed E-state index contributed by atoms with van der Waals surface area (Å²) in [5, 5.41) is 8.37. The van der Waals surface area contributed by atoms with Gasteiger partial charge in [-0.05, 0) is 39.7 Å². The molecule has 1 aliphatic heterocycles. The first-order chi connectivity index (χ1) is 10.6. The van der Waals surface area contributed by atoms with Gasteiger partial charge in [0.25, 0.3) is 5.56 Å². The fourth-order valence-corrected chi connectivity index (χ4v) is 3.84. The molecule has 1 N–H and O–H groups in total. The van der Waals surface area contributed by atoms with E-state index in [0.717, 1.165) is 30.3 Å². The zero-order valence-corrected chi connectivity index (χ0v) is 14.0. The summed E-state index contributed by atoms with van der Waals surface area (Å²) in [6.45, 7) is 7.36. The number of hydrogen-bond donors (Lipinski definition) is 1. The van der Waals surface area contributed by atoms with Crippen molar-refractivity contribution >= 4 is 21.4 Å². The maximum Gasteiger partial charge on any atom is 0.275 e. The molecule has 0 aromatic carbocycles. The second-order valence-electron chi connectivity index (χ2n) is 6.00. The summed E-state index contributed by atoms with van der Waals surface area (Å²) in [5.41, 5.74) is 0.619. The number of rotatable bonds is 5. The predicted molar refractivity (Wildman–Crippen MR) is 89.9 cm³/mol. The van der Waals surface area contributed by atoms with Gasteiger partial charge in [0.15, 0.2) is 0 Å². The van der Waals surface area contributed by atoms with Crippen LogP contribution in [-0.4, -0.2) is 45.2 Å². The lowest BCUT2D eigenvalue weighted by atomic mass is 10.0. The van der Waals surface area contributed by atoms with Gasteiger partial charge in [0.2, 0.25) is 10.1 Å². The molecule has 120 valence electrons. The van der Waals surface area contributed by atoms with Crippen LogP contribution in [0.1, 0.15) is 38.3 Å². The molecule has 1 saturated heterocycles. The summed E-state index contributed by atoms with van der Waals surface area (Å²) >= 11 is 1.43. The van der Waals surface area contributed by atoms with Crippen LogP contribution in [-0.2, 0) is 0 Å². The lowest BCUT2D eigenvalue weighted by Crippen LogP contribution is -2.38. The van der Waals surface area contributed by atoms with Crippen LogP contribution in [0.2, 0.25) is 0 Å². The molecule has 0 amide bonds. The van der Waals surface area contributed by atoms with Crippen molar-refractivity contribution in [2.45, 2.75) is 45.6 Å². The second kappa shape index (κ2) is 6.75. The van der Waals surface area contributed by atoms with Gasteiger partial charge in [-0.15, -0.1) is 5.10 Å². The number of piperidine rings is 1. The highest BCUT2D eigenvalue weighted by Crippen LogP contribution is 2.18. The van der Waals surface area contributed by atoms with E-state index in [9.17, 15) is 4.79 Å². The molecular weight excluding hydrogens is 298 g/mol. The first-order valence-corrected chi connectivity index (χ1v) is 8.80. The molecule has 6 nitrogen and oxygen atoms in total. The van der Waals surface area contributed by atoms with Gasteiger partial charge in [-0.2, -0.15) is 4.52 Å². The minimum Gasteiger partial charge on any atom is -0.360 e. The highest BCUT2D eigenvalue weighted by molar-refractivity contribution is 7.20. The van der Waals surface area contributed by atoms with Crippen LogP contribution in [0.3, 0.4) is 0 Å². The summed E-state index contributed by atoms with van der Waals surface area (Å²) < 4.78 is 1.37. The number of likely N-dealkylation sites (tertiary alicyclic amines) is 1. The third-order valence-electron chi connectivity index (χ3n) is 4.21. The molecule has 1 atom stereocenters. The van der Waals surface area contributed by atoms with Crippen molar-refractivity contribution in [3.63, 3.8) is 0 Å². The topological polar surface area (TPSA) is 62.5 Å². The summed E-state index contributed by atoms with van der Waals surface area (Å²) in [7, 11) is 0. The van der Waals surface area contributed by atoms with Crippen LogP contribution < -0.4 is 10.9 Å². The fourth-order valence-electron chi connectivity index (χ4n) is 2.96. The largest absolute Gasteiger partial charge is 0.360 e. The zero-order chi connectivity index (χ0) is 15.5. The molecule has 1 fully saturated rings. The minimum atomic E-state index is -0.117. The van der Waals surface area contributed by atoms with E-state index in [-0.39, 0.29) is 5.56 Å². The van der Waals surface area contributed by atoms with E-state index in [4.69, 9.17) is 0 Å². The second-order valence-corrected chi connectivity index (χ2v) is 6.95. The van der Waals surface area contributed by atoms with Gasteiger partial charge < -0.3 is 10.2 Å². The zero-order valence-electron chi connectivity index (χ0n) is 13.2. The standard InChI is InChI=1S/C15H23N5OS/c1-11-10-13(21)20-15(17-11)22-14(18-20)16-7-5-9-19-8-4-3-6-12(19)2/h10,12H,3-9H2,1-2H3,(H,16,18). The van der Waals surface area contributed by atoms with Gasteiger partial charge in [-0.3, -0.25) is 4.79 Å². The van der Waals surface area contributed by atoms with Crippen molar-refractivity contribution in [2.75, 3.05) is 25.0 Å². The van der Waals surface area contributed by atoms with Crippen LogP contribution >= 0.6 is 11.3 Å². The van der Waals surface area contributed by atoms with Gasteiger partial charge in [0.1, 0.15) is 0 Å². The molecule has 0 aliphatic carbocycles. The Morgan fingerprint density at radius 3 is 3.14 bits per heavy atom. The Bertz CT molecular complexity index is 695. The summed E-state index contributed by atoms with van der Waals surface area (Å²) in [6, 6.07) is 2.22. The SMILES string of the molecule is Cc1cc(=O)n2nc(NCCCN3CCCCC3C)sc2n1. The molecule has 0 saturated carbocycles. The Morgan fingerprint density at radius 1 is 1.45 bits per heavy atom. The van der Waals surface area contributed by atoms with E-state index >= 15 is 0 Å². The number of fused-ring (bicyclic) bond motifs is 1. The fraction of sp³-hybridized carbons (Fsp3) is 0.667. The van der Waals surface area contributed by atoms with Crippen molar-refractivity contribution in [3.8, 4) is 0 Å². The summed E-state index contributed by atoms with van der Waals surface area (Å²) in [5.74, 6) is 0. The van der Waals surface area contributed by atoms with Crippen molar-refractivity contribution < 1.29 is 0 Å². The summed E-state index contributed by atoms with van der Waals surface area (Å²) in [4.78, 5) is 19.4. The minimum absolute atomic E-state index is 0.117. The van der Waals surface area contributed by atoms with Crippen molar-refractivity contribution in [1.82, 2.24) is 19.5 Å². The maximum absolute atomic E-state index is 11.8. The van der Waals surface area contributed by atoms with Gasteiger partial charge in [-0.1, -0.05) is 17.8 Å². The van der Waals surface area contributed by atoms with E-state index in [1.165, 1.54) is 47.7 Å². The Morgan fingerprint density at radius 2 is 2.32 bits per heavy atom. The lowest BCUT2D eigenvalue weighted by molar-refractivity contribution is 0.160. The van der Waals surface area contributed by atoms with Gasteiger partial charge in [0.05, 0.1) is 0 Å². The highest BCUT2D eigenvalue weighted by atomic mass is 32.1. The highest BCUT2D eigenvalue weighted by Gasteiger charge is 2.17. The molecular formula is C15H23N5OS. The normalized spacial score (nSPS) is 19.6. The molecule has 7 heteroatoms. The quantitative estimate of drug-likeness (QED) is 0.855. The first kappa shape index (κ1) is 15.4. The maximum atomic E-state index is 11.8. The number of aromatic nitrogens is 3. The number of anilines is 1. The van der Waals surface area contributed by atoms with Gasteiger partial charge in [0, 0.05) is 30.9 Å². The molecule has 0 radical (unpaired) electrons. The van der Waals surface area contributed by atoms with Crippen LogP contribution in [0, 0.1) is 6.92 Å². The smallest absolute Gasteiger partial charge is 0.275 e. The van der Waals surface area contributed by atoms with Crippen LogP contribution in [0.15, 0.2) is 10.9 Å². The van der Waals surface area contributed by atoms with E-state index in [1.54, 1.807) is 0 Å². The van der Waals surface area contributed by atoms with E-state index in [1.807, 2.05) is 6.92 Å². The number of nitrogens with one attached hydrogen (secondary N) is 1. The average molecular weight is 321 g/mol. The Labute approximate surface area is 134 Å². The molecule has 1 aliphatic rings. The van der Waals surface area contributed by atoms with Gasteiger partial charge >= 0.3 is 0 Å². The number of nitrogens with zero attached hydrogens (tertiary/aromatic N) is 4.